The lowest BCUT2D eigenvalue weighted by Crippen LogP contribution is -2.43. The summed E-state index contributed by atoms with van der Waals surface area (Å²) in [4.78, 5) is 17.3. The van der Waals surface area contributed by atoms with Gasteiger partial charge in [-0.1, -0.05) is 47.5 Å². The van der Waals surface area contributed by atoms with E-state index in [2.05, 4.69) is 16.8 Å². The van der Waals surface area contributed by atoms with Gasteiger partial charge in [-0.15, -0.1) is 0 Å². The molecule has 0 atom stereocenters. The van der Waals surface area contributed by atoms with Crippen molar-refractivity contribution < 1.29 is 4.79 Å². The quantitative estimate of drug-likeness (QED) is 0.768. The van der Waals surface area contributed by atoms with Gasteiger partial charge in [0.2, 0.25) is 0 Å². The summed E-state index contributed by atoms with van der Waals surface area (Å²) < 4.78 is 0. The van der Waals surface area contributed by atoms with Crippen LogP contribution in [0.5, 0.6) is 0 Å². The largest absolute Gasteiger partial charge is 0.304 e. The average molecular weight is 363 g/mol. The third-order valence-corrected chi connectivity index (χ3v) is 5.14. The minimum Gasteiger partial charge on any atom is -0.304 e. The van der Waals surface area contributed by atoms with Crippen LogP contribution in [-0.4, -0.2) is 48.8 Å². The number of hydrogen-bond acceptors (Lipinski definition) is 3. The number of nitrogens with zero attached hydrogens (tertiary/aromatic N) is 2. The van der Waals surface area contributed by atoms with Crippen molar-refractivity contribution in [2.75, 3.05) is 33.2 Å². The molecule has 0 radical (unpaired) electrons. The molecule has 0 unspecified atom stereocenters. The van der Waals surface area contributed by atoms with Gasteiger partial charge in [-0.3, -0.25) is 9.69 Å². The number of carbonyl (C=O) groups is 1. The van der Waals surface area contributed by atoms with Crippen LogP contribution < -0.4 is 0 Å². The molecule has 1 saturated heterocycles. The number of piperazine rings is 1. The summed E-state index contributed by atoms with van der Waals surface area (Å²) in [7, 11) is 2.15. The Kier molecular flexibility index (Phi) is 5.57. The van der Waals surface area contributed by atoms with Crippen molar-refractivity contribution in [2.24, 2.45) is 0 Å². The van der Waals surface area contributed by atoms with Gasteiger partial charge in [0.05, 0.1) is 10.0 Å². The lowest BCUT2D eigenvalue weighted by Gasteiger charge is -2.32. The highest BCUT2D eigenvalue weighted by Crippen LogP contribution is 2.24. The number of carbonyl (C=O) groups excluding carboxylic acids is 1. The van der Waals surface area contributed by atoms with Crippen LogP contribution in [-0.2, 0) is 6.54 Å². The van der Waals surface area contributed by atoms with Gasteiger partial charge in [-0.25, -0.2) is 0 Å². The van der Waals surface area contributed by atoms with Crippen LogP contribution in [0.15, 0.2) is 42.5 Å². The Morgan fingerprint density at radius 3 is 2.17 bits per heavy atom. The van der Waals surface area contributed by atoms with Crippen molar-refractivity contribution in [3.63, 3.8) is 0 Å². The Morgan fingerprint density at radius 2 is 1.54 bits per heavy atom. The first-order valence-corrected chi connectivity index (χ1v) is 8.78. The van der Waals surface area contributed by atoms with Crippen LogP contribution in [0.2, 0.25) is 10.0 Å². The molecule has 0 saturated carbocycles. The van der Waals surface area contributed by atoms with E-state index in [0.29, 0.717) is 21.2 Å². The summed E-state index contributed by atoms with van der Waals surface area (Å²) in [6.07, 6.45) is 0. The first-order valence-electron chi connectivity index (χ1n) is 8.02. The van der Waals surface area contributed by atoms with Crippen LogP contribution in [0.4, 0.5) is 0 Å². The average Bonchev–Trinajstić information content (AvgIpc) is 2.59. The second-order valence-corrected chi connectivity index (χ2v) is 7.05. The summed E-state index contributed by atoms with van der Waals surface area (Å²) in [5, 5.41) is 0.852. The zero-order chi connectivity index (χ0) is 17.1. The van der Waals surface area contributed by atoms with E-state index >= 15 is 0 Å². The second kappa shape index (κ2) is 7.66. The fraction of sp³-hybridized carbons (Fsp3) is 0.316. The van der Waals surface area contributed by atoms with Gasteiger partial charge < -0.3 is 4.90 Å². The van der Waals surface area contributed by atoms with E-state index < -0.39 is 0 Å². The van der Waals surface area contributed by atoms with E-state index in [-0.39, 0.29) is 5.78 Å². The van der Waals surface area contributed by atoms with Gasteiger partial charge >= 0.3 is 0 Å². The number of rotatable bonds is 4. The molecule has 1 fully saturated rings. The third-order valence-electron chi connectivity index (χ3n) is 4.40. The van der Waals surface area contributed by atoms with E-state index in [0.717, 1.165) is 32.7 Å². The summed E-state index contributed by atoms with van der Waals surface area (Å²) in [6.45, 7) is 5.30. The Labute approximate surface area is 152 Å². The van der Waals surface area contributed by atoms with Gasteiger partial charge in [0.15, 0.2) is 5.78 Å². The summed E-state index contributed by atoms with van der Waals surface area (Å²) in [6, 6.07) is 12.8. The minimum atomic E-state index is -0.0419. The SMILES string of the molecule is CN1CCN(Cc2ccc(C(=O)c3ccc(Cl)c(Cl)c3)cc2)CC1. The van der Waals surface area contributed by atoms with E-state index in [1.54, 1.807) is 18.2 Å². The number of ketones is 1. The minimum absolute atomic E-state index is 0.0419. The van der Waals surface area contributed by atoms with Crippen LogP contribution in [0, 0.1) is 0 Å². The van der Waals surface area contributed by atoms with Gasteiger partial charge in [0.25, 0.3) is 0 Å². The Balaban J connectivity index is 1.67. The molecule has 0 aliphatic carbocycles. The zero-order valence-electron chi connectivity index (χ0n) is 13.6. The second-order valence-electron chi connectivity index (χ2n) is 6.23. The summed E-state index contributed by atoms with van der Waals surface area (Å²) in [5.41, 5.74) is 2.44. The van der Waals surface area contributed by atoms with Crippen molar-refractivity contribution in [1.82, 2.24) is 9.80 Å². The molecule has 1 aliphatic heterocycles. The fourth-order valence-electron chi connectivity index (χ4n) is 2.83. The zero-order valence-corrected chi connectivity index (χ0v) is 15.1. The van der Waals surface area contributed by atoms with E-state index in [1.165, 1.54) is 5.56 Å². The molecule has 126 valence electrons. The number of halogens is 2. The van der Waals surface area contributed by atoms with Crippen LogP contribution >= 0.6 is 23.2 Å². The maximum Gasteiger partial charge on any atom is 0.193 e. The number of hydrogen-bond donors (Lipinski definition) is 0. The predicted octanol–water partition coefficient (Wildman–Crippen LogP) is 3.97. The van der Waals surface area contributed by atoms with Crippen molar-refractivity contribution >= 4 is 29.0 Å². The van der Waals surface area contributed by atoms with E-state index in [1.807, 2.05) is 24.3 Å². The number of likely N-dealkylation sites (N-methyl/N-ethyl adjacent to an activating group) is 1. The molecule has 24 heavy (non-hydrogen) atoms. The maximum atomic E-state index is 12.5. The highest BCUT2D eigenvalue weighted by atomic mass is 35.5. The highest BCUT2D eigenvalue weighted by Gasteiger charge is 2.15. The summed E-state index contributed by atoms with van der Waals surface area (Å²) in [5.74, 6) is -0.0419. The normalized spacial score (nSPS) is 16.3. The van der Waals surface area contributed by atoms with Crippen LogP contribution in [0.25, 0.3) is 0 Å². The van der Waals surface area contributed by atoms with Gasteiger partial charge in [-0.2, -0.15) is 0 Å². The third kappa shape index (κ3) is 4.17. The number of benzene rings is 2. The molecule has 0 N–H and O–H groups in total. The molecule has 2 aromatic carbocycles. The fourth-order valence-corrected chi connectivity index (χ4v) is 3.13. The monoisotopic (exact) mass is 362 g/mol. The van der Waals surface area contributed by atoms with Crippen molar-refractivity contribution in [3.05, 3.63) is 69.2 Å². The van der Waals surface area contributed by atoms with Gasteiger partial charge in [0, 0.05) is 43.9 Å². The standard InChI is InChI=1S/C19H20Cl2N2O/c1-22-8-10-23(11-9-22)13-14-2-4-15(5-3-14)19(24)16-6-7-17(20)18(21)12-16/h2-7,12H,8-11,13H2,1H3. The highest BCUT2D eigenvalue weighted by molar-refractivity contribution is 6.42. The van der Waals surface area contributed by atoms with Crippen LogP contribution in [0.1, 0.15) is 21.5 Å². The van der Waals surface area contributed by atoms with Crippen molar-refractivity contribution in [2.45, 2.75) is 6.54 Å². The van der Waals surface area contributed by atoms with Crippen LogP contribution in [0.3, 0.4) is 0 Å². The molecular weight excluding hydrogens is 343 g/mol. The Hall–Kier alpha value is -1.39. The van der Waals surface area contributed by atoms with Crippen molar-refractivity contribution in [3.8, 4) is 0 Å². The van der Waals surface area contributed by atoms with Gasteiger partial charge in [-0.05, 0) is 30.8 Å². The van der Waals surface area contributed by atoms with E-state index in [4.69, 9.17) is 23.2 Å². The molecular formula is C19H20Cl2N2O. The molecule has 1 heterocycles. The molecule has 0 bridgehead atoms. The topological polar surface area (TPSA) is 23.6 Å². The molecule has 2 aromatic rings. The summed E-state index contributed by atoms with van der Waals surface area (Å²) >= 11 is 11.9. The Bertz CT molecular complexity index is 723. The molecule has 3 rings (SSSR count). The molecule has 0 spiro atoms. The molecule has 3 nitrogen and oxygen atoms in total. The predicted molar refractivity (Wildman–Crippen MR) is 99.1 cm³/mol. The molecule has 1 aliphatic rings. The first-order chi connectivity index (χ1) is 11.5. The Morgan fingerprint density at radius 1 is 0.917 bits per heavy atom. The van der Waals surface area contributed by atoms with Crippen molar-refractivity contribution in [1.29, 1.82) is 0 Å². The lowest BCUT2D eigenvalue weighted by molar-refractivity contribution is 0.103. The maximum absolute atomic E-state index is 12.5. The smallest absolute Gasteiger partial charge is 0.193 e. The molecule has 5 heteroatoms. The lowest BCUT2D eigenvalue weighted by atomic mass is 10.0. The van der Waals surface area contributed by atoms with E-state index in [9.17, 15) is 4.79 Å². The first kappa shape index (κ1) is 17.4. The molecule has 0 aromatic heterocycles. The molecule has 0 amide bonds. The van der Waals surface area contributed by atoms with Gasteiger partial charge in [0.1, 0.15) is 0 Å².